The number of anilines is 1. The first-order valence-corrected chi connectivity index (χ1v) is 7.76. The lowest BCUT2D eigenvalue weighted by molar-refractivity contribution is 0.323. The number of hydrogen-bond donors (Lipinski definition) is 0. The highest BCUT2D eigenvalue weighted by molar-refractivity contribution is 5.89. The summed E-state index contributed by atoms with van der Waals surface area (Å²) < 4.78 is 5.91. The van der Waals surface area contributed by atoms with E-state index >= 15 is 0 Å². The van der Waals surface area contributed by atoms with E-state index in [1.165, 1.54) is 11.1 Å². The first-order valence-electron chi connectivity index (χ1n) is 7.76. The number of rotatable bonds is 5. The van der Waals surface area contributed by atoms with Crippen molar-refractivity contribution in [1.29, 1.82) is 0 Å². The van der Waals surface area contributed by atoms with Crippen molar-refractivity contribution in [2.45, 2.75) is 13.8 Å². The molecule has 0 saturated heterocycles. The molecular weight excluding hydrogens is 286 g/mol. The molecule has 0 amide bonds. The lowest BCUT2D eigenvalue weighted by Crippen LogP contribution is -2.25. The van der Waals surface area contributed by atoms with Gasteiger partial charge in [0.15, 0.2) is 0 Å². The lowest BCUT2D eigenvalue weighted by Gasteiger charge is -2.20. The molecule has 0 aliphatic carbocycles. The summed E-state index contributed by atoms with van der Waals surface area (Å²) in [6, 6.07) is 14.3. The fourth-order valence-corrected chi connectivity index (χ4v) is 2.65. The van der Waals surface area contributed by atoms with Crippen LogP contribution in [0.15, 0.2) is 48.8 Å². The summed E-state index contributed by atoms with van der Waals surface area (Å²) in [4.78, 5) is 10.8. The summed E-state index contributed by atoms with van der Waals surface area (Å²) in [6.45, 7) is 5.53. The summed E-state index contributed by atoms with van der Waals surface area (Å²) in [5, 5.41) is 1.06. The quantitative estimate of drug-likeness (QED) is 0.719. The van der Waals surface area contributed by atoms with E-state index in [0.717, 1.165) is 29.0 Å². The average Bonchev–Trinajstić information content (AvgIpc) is 2.56. The second-order valence-electron chi connectivity index (χ2n) is 5.75. The Morgan fingerprint density at radius 2 is 1.87 bits per heavy atom. The predicted octanol–water partition coefficient (Wildman–Crippen LogP) is 3.76. The average molecular weight is 307 g/mol. The standard InChI is InChI=1S/C19H21N3O/c1-14-8-9-18(15(2)12-14)23-11-10-22(3)19-16-6-4-5-7-17(16)20-13-21-19/h4-9,12-13H,10-11H2,1-3H3. The van der Waals surface area contributed by atoms with Crippen molar-refractivity contribution < 1.29 is 4.74 Å². The van der Waals surface area contributed by atoms with Gasteiger partial charge in [-0.1, -0.05) is 29.8 Å². The van der Waals surface area contributed by atoms with E-state index in [1.807, 2.05) is 37.4 Å². The number of fused-ring (bicyclic) bond motifs is 1. The molecule has 0 atom stereocenters. The Labute approximate surface area is 136 Å². The van der Waals surface area contributed by atoms with Crippen molar-refractivity contribution in [3.05, 3.63) is 59.9 Å². The number of benzene rings is 2. The minimum absolute atomic E-state index is 0.610. The van der Waals surface area contributed by atoms with Crippen molar-refractivity contribution >= 4 is 16.7 Å². The molecule has 1 aromatic heterocycles. The molecule has 0 unspecified atom stereocenters. The van der Waals surface area contributed by atoms with Gasteiger partial charge in [0.25, 0.3) is 0 Å². The third-order valence-electron chi connectivity index (χ3n) is 3.90. The van der Waals surface area contributed by atoms with Crippen LogP contribution in [0, 0.1) is 13.8 Å². The Hall–Kier alpha value is -2.62. The monoisotopic (exact) mass is 307 g/mol. The molecule has 0 aliphatic rings. The number of hydrogen-bond acceptors (Lipinski definition) is 4. The van der Waals surface area contributed by atoms with Gasteiger partial charge < -0.3 is 9.64 Å². The molecule has 0 saturated carbocycles. The van der Waals surface area contributed by atoms with Crippen LogP contribution < -0.4 is 9.64 Å². The Bertz CT molecular complexity index is 811. The highest BCUT2D eigenvalue weighted by Crippen LogP contribution is 2.22. The Balaban J connectivity index is 1.68. The molecule has 2 aromatic carbocycles. The molecule has 0 aliphatic heterocycles. The van der Waals surface area contributed by atoms with Crippen LogP contribution in [0.1, 0.15) is 11.1 Å². The minimum Gasteiger partial charge on any atom is -0.491 e. The van der Waals surface area contributed by atoms with E-state index < -0.39 is 0 Å². The van der Waals surface area contributed by atoms with Crippen molar-refractivity contribution in [2.24, 2.45) is 0 Å². The Kier molecular flexibility index (Phi) is 4.42. The van der Waals surface area contributed by atoms with Crippen LogP contribution in [0.3, 0.4) is 0 Å². The zero-order valence-corrected chi connectivity index (χ0v) is 13.8. The summed E-state index contributed by atoms with van der Waals surface area (Å²) in [6.07, 6.45) is 1.61. The molecule has 0 radical (unpaired) electrons. The molecular formula is C19H21N3O. The molecule has 0 bridgehead atoms. The number of likely N-dealkylation sites (N-methyl/N-ethyl adjacent to an activating group) is 1. The van der Waals surface area contributed by atoms with Crippen molar-refractivity contribution in [2.75, 3.05) is 25.1 Å². The predicted molar refractivity (Wildman–Crippen MR) is 94.2 cm³/mol. The van der Waals surface area contributed by atoms with E-state index in [9.17, 15) is 0 Å². The van der Waals surface area contributed by atoms with Gasteiger partial charge in [-0.05, 0) is 37.6 Å². The number of aryl methyl sites for hydroxylation is 2. The fraction of sp³-hybridized carbons (Fsp3) is 0.263. The molecule has 0 spiro atoms. The first-order chi connectivity index (χ1) is 11.1. The molecule has 0 N–H and O–H groups in total. The third kappa shape index (κ3) is 3.42. The van der Waals surface area contributed by atoms with Gasteiger partial charge in [0.2, 0.25) is 0 Å². The van der Waals surface area contributed by atoms with Crippen LogP contribution in [0.25, 0.3) is 10.9 Å². The second-order valence-corrected chi connectivity index (χ2v) is 5.75. The molecule has 4 nitrogen and oxygen atoms in total. The summed E-state index contributed by atoms with van der Waals surface area (Å²) in [5.41, 5.74) is 3.37. The number of nitrogens with zero attached hydrogens (tertiary/aromatic N) is 3. The number of para-hydroxylation sites is 1. The highest BCUT2D eigenvalue weighted by Gasteiger charge is 2.08. The Morgan fingerprint density at radius 1 is 1.04 bits per heavy atom. The molecule has 1 heterocycles. The van der Waals surface area contributed by atoms with Gasteiger partial charge in [0, 0.05) is 12.4 Å². The molecule has 3 aromatic rings. The van der Waals surface area contributed by atoms with E-state index in [0.29, 0.717) is 6.61 Å². The maximum atomic E-state index is 5.91. The molecule has 23 heavy (non-hydrogen) atoms. The third-order valence-corrected chi connectivity index (χ3v) is 3.90. The van der Waals surface area contributed by atoms with Gasteiger partial charge in [-0.25, -0.2) is 9.97 Å². The van der Waals surface area contributed by atoms with E-state index in [1.54, 1.807) is 6.33 Å². The lowest BCUT2D eigenvalue weighted by atomic mass is 10.1. The zero-order valence-electron chi connectivity index (χ0n) is 13.8. The molecule has 0 fully saturated rings. The van der Waals surface area contributed by atoms with Crippen LogP contribution in [0.2, 0.25) is 0 Å². The summed E-state index contributed by atoms with van der Waals surface area (Å²) in [7, 11) is 2.03. The summed E-state index contributed by atoms with van der Waals surface area (Å²) >= 11 is 0. The van der Waals surface area contributed by atoms with Crippen molar-refractivity contribution in [3.63, 3.8) is 0 Å². The number of ether oxygens (including phenoxy) is 1. The molecule has 3 rings (SSSR count). The van der Waals surface area contributed by atoms with Crippen LogP contribution in [-0.4, -0.2) is 30.2 Å². The van der Waals surface area contributed by atoms with Crippen molar-refractivity contribution in [3.8, 4) is 5.75 Å². The largest absolute Gasteiger partial charge is 0.491 e. The maximum absolute atomic E-state index is 5.91. The maximum Gasteiger partial charge on any atom is 0.139 e. The molecule has 118 valence electrons. The van der Waals surface area contributed by atoms with Crippen LogP contribution in [0.4, 0.5) is 5.82 Å². The van der Waals surface area contributed by atoms with Gasteiger partial charge in [-0.3, -0.25) is 0 Å². The zero-order chi connectivity index (χ0) is 16.2. The van der Waals surface area contributed by atoms with Crippen LogP contribution in [0.5, 0.6) is 5.75 Å². The number of aromatic nitrogens is 2. The summed E-state index contributed by atoms with van der Waals surface area (Å²) in [5.74, 6) is 1.87. The Morgan fingerprint density at radius 3 is 2.70 bits per heavy atom. The normalized spacial score (nSPS) is 10.7. The van der Waals surface area contributed by atoms with E-state index in [4.69, 9.17) is 4.74 Å². The topological polar surface area (TPSA) is 38.2 Å². The van der Waals surface area contributed by atoms with Gasteiger partial charge in [0.1, 0.15) is 24.5 Å². The van der Waals surface area contributed by atoms with E-state index in [-0.39, 0.29) is 0 Å². The smallest absolute Gasteiger partial charge is 0.139 e. The molecule has 4 heteroatoms. The minimum atomic E-state index is 0.610. The van der Waals surface area contributed by atoms with E-state index in [2.05, 4.69) is 40.8 Å². The van der Waals surface area contributed by atoms with Crippen molar-refractivity contribution in [1.82, 2.24) is 9.97 Å². The van der Waals surface area contributed by atoms with Gasteiger partial charge in [-0.2, -0.15) is 0 Å². The SMILES string of the molecule is Cc1ccc(OCCN(C)c2ncnc3ccccc23)c(C)c1. The van der Waals surface area contributed by atoms with Gasteiger partial charge in [0.05, 0.1) is 12.1 Å². The fourth-order valence-electron chi connectivity index (χ4n) is 2.65. The van der Waals surface area contributed by atoms with Crippen LogP contribution in [-0.2, 0) is 0 Å². The van der Waals surface area contributed by atoms with Gasteiger partial charge >= 0.3 is 0 Å². The highest BCUT2D eigenvalue weighted by atomic mass is 16.5. The first kappa shape index (κ1) is 15.3. The second kappa shape index (κ2) is 6.65. The van der Waals surface area contributed by atoms with Crippen LogP contribution >= 0.6 is 0 Å². The van der Waals surface area contributed by atoms with Gasteiger partial charge in [-0.15, -0.1) is 0 Å².